The molecule has 0 radical (unpaired) electrons. The average Bonchev–Trinajstić information content (AvgIpc) is 2.85. The molecule has 1 aliphatic rings. The highest BCUT2D eigenvalue weighted by atomic mass is 16.6. The third-order valence-electron chi connectivity index (χ3n) is 6.33. The largest absolute Gasteiger partial charge is 0.463 e. The van der Waals surface area contributed by atoms with Gasteiger partial charge in [-0.25, -0.2) is 0 Å². The van der Waals surface area contributed by atoms with Crippen LogP contribution in [0.2, 0.25) is 0 Å². The summed E-state index contributed by atoms with van der Waals surface area (Å²) in [6.07, 6.45) is 2.33. The van der Waals surface area contributed by atoms with Crippen molar-refractivity contribution in [2.75, 3.05) is 6.61 Å². The van der Waals surface area contributed by atoms with Crippen LogP contribution in [0.5, 0.6) is 0 Å². The Hall–Kier alpha value is -2.59. The molecule has 37 heavy (non-hydrogen) atoms. The van der Waals surface area contributed by atoms with Crippen LogP contribution in [0, 0.1) is 5.41 Å². The second-order valence-corrected chi connectivity index (χ2v) is 9.95. The maximum Gasteiger partial charge on any atom is 0.307 e. The fourth-order valence-electron chi connectivity index (χ4n) is 3.98. The summed E-state index contributed by atoms with van der Waals surface area (Å²) in [5.74, 6) is -1.84. The van der Waals surface area contributed by atoms with Gasteiger partial charge in [0.2, 0.25) is 0 Å². The van der Waals surface area contributed by atoms with Gasteiger partial charge >= 0.3 is 11.9 Å². The maximum atomic E-state index is 12.9. The van der Waals surface area contributed by atoms with Gasteiger partial charge in [0.05, 0.1) is 18.9 Å². The Balaban J connectivity index is 2.66. The molecule has 5 unspecified atom stereocenters. The van der Waals surface area contributed by atoms with Gasteiger partial charge in [0.25, 0.3) is 0 Å². The zero-order valence-electron chi connectivity index (χ0n) is 22.6. The summed E-state index contributed by atoms with van der Waals surface area (Å²) in [6.45, 7) is 10.5. The first-order valence-corrected chi connectivity index (χ1v) is 12.6. The lowest BCUT2D eigenvalue weighted by Gasteiger charge is -2.36. The minimum atomic E-state index is -1.71. The highest BCUT2D eigenvalue weighted by Crippen LogP contribution is 2.40. The normalized spacial score (nSPS) is 21.7. The number of Topliss-reactive ketones (excluding diaryl/α,β-unsaturated/α-hetero) is 1. The second-order valence-electron chi connectivity index (χ2n) is 9.95. The van der Waals surface area contributed by atoms with Crippen LogP contribution >= 0.6 is 0 Å². The van der Waals surface area contributed by atoms with Crippen molar-refractivity contribution < 1.29 is 44.3 Å². The molecule has 0 saturated carbocycles. The van der Waals surface area contributed by atoms with Gasteiger partial charge in [-0.1, -0.05) is 56.7 Å². The molecule has 0 amide bonds. The lowest BCUT2D eigenvalue weighted by atomic mass is 9.71. The van der Waals surface area contributed by atoms with E-state index in [1.807, 2.05) is 58.1 Å². The van der Waals surface area contributed by atoms with E-state index in [1.54, 1.807) is 13.8 Å². The van der Waals surface area contributed by atoms with E-state index < -0.39 is 54.5 Å². The maximum absolute atomic E-state index is 12.9. The van der Waals surface area contributed by atoms with Crippen molar-refractivity contribution in [3.8, 4) is 0 Å². The average molecular weight is 523 g/mol. The topological polar surface area (TPSA) is 151 Å². The monoisotopic (exact) mass is 522 g/mol. The first-order chi connectivity index (χ1) is 17.2. The Labute approximate surface area is 219 Å². The van der Waals surface area contributed by atoms with E-state index >= 15 is 0 Å². The van der Waals surface area contributed by atoms with E-state index in [0.29, 0.717) is 12.0 Å². The van der Waals surface area contributed by atoms with Crippen LogP contribution in [0.25, 0.3) is 0 Å². The number of esters is 2. The summed E-state index contributed by atoms with van der Waals surface area (Å²) in [6, 6.07) is 0. The Bertz CT molecular complexity index is 926. The van der Waals surface area contributed by atoms with Crippen molar-refractivity contribution in [3.63, 3.8) is 0 Å². The number of ether oxygens (including phenoxy) is 2. The predicted molar refractivity (Wildman–Crippen MR) is 138 cm³/mol. The fourth-order valence-corrected chi connectivity index (χ4v) is 3.98. The van der Waals surface area contributed by atoms with Crippen LogP contribution in [0.3, 0.4) is 0 Å². The number of aliphatic hydroxyl groups is 4. The number of rotatable bonds is 13. The number of carbonyl (C=O) groups excluding carboxylic acids is 3. The SMILES string of the molecule is C/C=C/C=C(C)/C=C/C1=C(C)C(=O)C(OC(=O)CCC(=O)OCC(O)C(O)C(O)C(O)CC)CC1(C)C. The molecule has 9 heteroatoms. The van der Waals surface area contributed by atoms with E-state index in [2.05, 4.69) is 0 Å². The number of aliphatic hydroxyl groups excluding tert-OH is 4. The Morgan fingerprint density at radius 1 is 1.08 bits per heavy atom. The molecule has 1 rings (SSSR count). The zero-order valence-corrected chi connectivity index (χ0v) is 22.6. The van der Waals surface area contributed by atoms with Gasteiger partial charge < -0.3 is 29.9 Å². The van der Waals surface area contributed by atoms with Gasteiger partial charge in [-0.05, 0) is 43.8 Å². The Morgan fingerprint density at radius 3 is 2.27 bits per heavy atom. The minimum Gasteiger partial charge on any atom is -0.463 e. The summed E-state index contributed by atoms with van der Waals surface area (Å²) >= 11 is 0. The first kappa shape index (κ1) is 32.4. The molecular weight excluding hydrogens is 480 g/mol. The first-order valence-electron chi connectivity index (χ1n) is 12.6. The van der Waals surface area contributed by atoms with Gasteiger partial charge in [-0.3, -0.25) is 14.4 Å². The molecule has 5 atom stereocenters. The van der Waals surface area contributed by atoms with E-state index in [4.69, 9.17) is 9.47 Å². The molecule has 9 nitrogen and oxygen atoms in total. The Kier molecular flexibility index (Phi) is 13.1. The number of ketones is 1. The van der Waals surface area contributed by atoms with Gasteiger partial charge in [0, 0.05) is 6.42 Å². The number of allylic oxidation sites excluding steroid dienone is 7. The molecule has 0 bridgehead atoms. The third-order valence-corrected chi connectivity index (χ3v) is 6.33. The summed E-state index contributed by atoms with van der Waals surface area (Å²) in [4.78, 5) is 37.2. The number of hydrogen-bond acceptors (Lipinski definition) is 9. The van der Waals surface area contributed by atoms with Gasteiger partial charge in [-0.15, -0.1) is 0 Å². The number of hydrogen-bond donors (Lipinski definition) is 4. The van der Waals surface area contributed by atoms with Crippen molar-refractivity contribution in [1.82, 2.24) is 0 Å². The van der Waals surface area contributed by atoms with Crippen LogP contribution in [-0.2, 0) is 23.9 Å². The van der Waals surface area contributed by atoms with Crippen LogP contribution in [0.15, 0.2) is 47.1 Å². The minimum absolute atomic E-state index is 0.161. The van der Waals surface area contributed by atoms with E-state index in [9.17, 15) is 34.8 Å². The quantitative estimate of drug-likeness (QED) is 0.211. The van der Waals surface area contributed by atoms with Crippen molar-refractivity contribution >= 4 is 17.7 Å². The van der Waals surface area contributed by atoms with Crippen LogP contribution in [0.1, 0.15) is 67.2 Å². The Morgan fingerprint density at radius 2 is 1.68 bits per heavy atom. The van der Waals surface area contributed by atoms with Crippen LogP contribution < -0.4 is 0 Å². The van der Waals surface area contributed by atoms with Crippen molar-refractivity contribution in [2.45, 2.75) is 97.7 Å². The molecule has 0 aromatic rings. The summed E-state index contributed by atoms with van der Waals surface area (Å²) in [5.41, 5.74) is 2.00. The van der Waals surface area contributed by atoms with E-state index in [-0.39, 0.29) is 25.0 Å². The number of carbonyl (C=O) groups is 3. The fraction of sp³-hybridized carbons (Fsp3) is 0.607. The summed E-state index contributed by atoms with van der Waals surface area (Å²) in [7, 11) is 0. The summed E-state index contributed by atoms with van der Waals surface area (Å²) < 4.78 is 10.2. The molecule has 208 valence electrons. The van der Waals surface area contributed by atoms with Crippen LogP contribution in [0.4, 0.5) is 0 Å². The molecule has 0 aromatic heterocycles. The van der Waals surface area contributed by atoms with Gasteiger partial charge in [0.15, 0.2) is 11.9 Å². The van der Waals surface area contributed by atoms with E-state index in [0.717, 1.165) is 11.1 Å². The molecule has 4 N–H and O–H groups in total. The standard InChI is InChI=1S/C28H42O9/c1-7-9-10-17(3)11-12-19-18(4)25(33)22(15-28(19,5)6)37-24(32)14-13-23(31)36-16-21(30)27(35)26(34)20(29)8-2/h7,9-12,20-22,26-27,29-30,34-35H,8,13-16H2,1-6H3/b9-7+,12-11+,17-10+. The predicted octanol–water partition coefficient (Wildman–Crippen LogP) is 2.47. The molecule has 0 saturated heterocycles. The lowest BCUT2D eigenvalue weighted by molar-refractivity contribution is -0.161. The molecule has 0 fully saturated rings. The molecule has 0 aromatic carbocycles. The molecule has 1 aliphatic carbocycles. The molecular formula is C28H42O9. The van der Waals surface area contributed by atoms with E-state index in [1.165, 1.54) is 0 Å². The zero-order chi connectivity index (χ0) is 28.3. The van der Waals surface area contributed by atoms with Crippen LogP contribution in [-0.4, -0.2) is 75.3 Å². The molecule has 0 aliphatic heterocycles. The highest BCUT2D eigenvalue weighted by molar-refractivity contribution is 6.01. The van der Waals surface area contributed by atoms with Crippen molar-refractivity contribution in [2.24, 2.45) is 5.41 Å². The summed E-state index contributed by atoms with van der Waals surface area (Å²) in [5, 5.41) is 39.0. The molecule has 0 heterocycles. The van der Waals surface area contributed by atoms with Gasteiger partial charge in [0.1, 0.15) is 24.9 Å². The lowest BCUT2D eigenvalue weighted by Crippen LogP contribution is -2.46. The highest BCUT2D eigenvalue weighted by Gasteiger charge is 2.40. The molecule has 0 spiro atoms. The third kappa shape index (κ3) is 10.0. The van der Waals surface area contributed by atoms with Crippen molar-refractivity contribution in [1.29, 1.82) is 0 Å². The second kappa shape index (κ2) is 15.0. The van der Waals surface area contributed by atoms with Gasteiger partial charge in [-0.2, -0.15) is 0 Å². The van der Waals surface area contributed by atoms with Crippen molar-refractivity contribution in [3.05, 3.63) is 47.1 Å². The smallest absolute Gasteiger partial charge is 0.307 e.